The minimum atomic E-state index is -1.32. The molecule has 7 N–H and O–H groups in total. The fourth-order valence-electron chi connectivity index (χ4n) is 2.43. The molecule has 0 aromatic heterocycles. The molecule has 0 heterocycles. The van der Waals surface area contributed by atoms with Gasteiger partial charge in [0.25, 0.3) is 0 Å². The highest BCUT2D eigenvalue weighted by Gasteiger charge is 2.30. The predicted octanol–water partition coefficient (Wildman–Crippen LogP) is -0.951. The van der Waals surface area contributed by atoms with E-state index in [9.17, 15) is 29.1 Å². The summed E-state index contributed by atoms with van der Waals surface area (Å²) in [5.74, 6) is -4.92. The van der Waals surface area contributed by atoms with Gasteiger partial charge in [-0.1, -0.05) is 27.7 Å². The van der Waals surface area contributed by atoms with Crippen LogP contribution in [0.2, 0.25) is 0 Å². The second-order valence-electron chi connectivity index (χ2n) is 7.69. The number of nitrogens with two attached hydrogens (primary N) is 1. The molecule has 4 unspecified atom stereocenters. The van der Waals surface area contributed by atoms with Crippen molar-refractivity contribution in [1.82, 2.24) is 16.0 Å². The van der Waals surface area contributed by atoms with Gasteiger partial charge in [0, 0.05) is 0 Å². The van der Waals surface area contributed by atoms with Crippen LogP contribution in [0.5, 0.6) is 0 Å². The van der Waals surface area contributed by atoms with Crippen molar-refractivity contribution >= 4 is 29.7 Å². The number of hydrogen-bond acceptors (Lipinski definition) is 6. The predicted molar refractivity (Wildman–Crippen MR) is 104 cm³/mol. The highest BCUT2D eigenvalue weighted by Crippen LogP contribution is 2.08. The first-order valence-electron chi connectivity index (χ1n) is 9.37. The molecule has 11 nitrogen and oxygen atoms in total. The lowest BCUT2D eigenvalue weighted by Crippen LogP contribution is -2.57. The van der Waals surface area contributed by atoms with Crippen LogP contribution in [0.15, 0.2) is 0 Å². The number of hydrogen-bond donors (Lipinski definition) is 6. The molecule has 29 heavy (non-hydrogen) atoms. The highest BCUT2D eigenvalue weighted by atomic mass is 16.4. The zero-order valence-electron chi connectivity index (χ0n) is 17.4. The summed E-state index contributed by atoms with van der Waals surface area (Å²) in [4.78, 5) is 58.7. The van der Waals surface area contributed by atoms with Crippen molar-refractivity contribution in [3.8, 4) is 0 Å². The number of carbonyl (C=O) groups is 5. The van der Waals surface area contributed by atoms with Gasteiger partial charge in [-0.2, -0.15) is 0 Å². The number of rotatable bonds is 12. The molecule has 0 aliphatic heterocycles. The van der Waals surface area contributed by atoms with Crippen LogP contribution in [0.3, 0.4) is 0 Å². The lowest BCUT2D eigenvalue weighted by atomic mass is 10.00. The molecule has 11 heteroatoms. The van der Waals surface area contributed by atoms with E-state index >= 15 is 0 Å². The zero-order valence-corrected chi connectivity index (χ0v) is 17.4. The van der Waals surface area contributed by atoms with Gasteiger partial charge in [0.2, 0.25) is 17.7 Å². The van der Waals surface area contributed by atoms with Crippen molar-refractivity contribution < 1.29 is 34.2 Å². The van der Waals surface area contributed by atoms with Gasteiger partial charge in [0.05, 0.1) is 12.5 Å². The van der Waals surface area contributed by atoms with Gasteiger partial charge in [0.15, 0.2) is 0 Å². The van der Waals surface area contributed by atoms with Gasteiger partial charge < -0.3 is 31.9 Å². The molecule has 0 aromatic carbocycles. The Kier molecular flexibility index (Phi) is 10.9. The minimum Gasteiger partial charge on any atom is -0.481 e. The summed E-state index contributed by atoms with van der Waals surface area (Å²) in [6.07, 6.45) is -0.342. The number of carbonyl (C=O) groups excluding carboxylic acids is 3. The number of carboxylic acids is 2. The molecular weight excluding hydrogens is 384 g/mol. The summed E-state index contributed by atoms with van der Waals surface area (Å²) in [7, 11) is 0. The standard InChI is InChI=1S/C18H32N4O7/c1-8(2)6-12(17(27)22-14(9(3)4)18(28)29)21-15(25)10(5)20-16(26)11(19)7-13(23)24/h8-12,14H,6-7,19H2,1-5H3,(H,20,26)(H,21,25)(H,22,27)(H,23,24)(H,28,29). The van der Waals surface area contributed by atoms with Crippen LogP contribution in [-0.2, 0) is 24.0 Å². The lowest BCUT2D eigenvalue weighted by Gasteiger charge is -2.25. The van der Waals surface area contributed by atoms with Gasteiger partial charge in [-0.25, -0.2) is 4.79 Å². The molecule has 0 fully saturated rings. The Labute approximate surface area is 169 Å². The molecule has 0 spiro atoms. The van der Waals surface area contributed by atoms with E-state index in [0.29, 0.717) is 0 Å². The van der Waals surface area contributed by atoms with Gasteiger partial charge in [-0.05, 0) is 25.2 Å². The second-order valence-corrected chi connectivity index (χ2v) is 7.69. The van der Waals surface area contributed by atoms with E-state index in [1.54, 1.807) is 13.8 Å². The van der Waals surface area contributed by atoms with Crippen molar-refractivity contribution in [2.75, 3.05) is 0 Å². The fourth-order valence-corrected chi connectivity index (χ4v) is 2.43. The smallest absolute Gasteiger partial charge is 0.326 e. The molecule has 3 amide bonds. The monoisotopic (exact) mass is 416 g/mol. The van der Waals surface area contributed by atoms with E-state index in [2.05, 4.69) is 16.0 Å². The second kappa shape index (κ2) is 12.0. The minimum absolute atomic E-state index is 0.0160. The third kappa shape index (κ3) is 9.88. The quantitative estimate of drug-likeness (QED) is 0.235. The Balaban J connectivity index is 5.10. The third-order valence-corrected chi connectivity index (χ3v) is 4.05. The van der Waals surface area contributed by atoms with Crippen LogP contribution < -0.4 is 21.7 Å². The average Bonchev–Trinajstić information content (AvgIpc) is 2.56. The summed E-state index contributed by atoms with van der Waals surface area (Å²) < 4.78 is 0. The molecule has 0 aliphatic rings. The van der Waals surface area contributed by atoms with Crippen molar-refractivity contribution in [3.63, 3.8) is 0 Å². The maximum absolute atomic E-state index is 12.5. The van der Waals surface area contributed by atoms with Crippen LogP contribution in [0.25, 0.3) is 0 Å². The van der Waals surface area contributed by atoms with E-state index < -0.39 is 60.2 Å². The van der Waals surface area contributed by atoms with Crippen LogP contribution >= 0.6 is 0 Å². The zero-order chi connectivity index (χ0) is 22.9. The van der Waals surface area contributed by atoms with E-state index in [1.807, 2.05) is 13.8 Å². The summed E-state index contributed by atoms with van der Waals surface area (Å²) in [5, 5.41) is 25.1. The number of amides is 3. The van der Waals surface area contributed by atoms with Gasteiger partial charge in [-0.15, -0.1) is 0 Å². The molecule has 4 atom stereocenters. The number of nitrogens with one attached hydrogen (secondary N) is 3. The summed E-state index contributed by atoms with van der Waals surface area (Å²) >= 11 is 0. The first kappa shape index (κ1) is 26.3. The topological polar surface area (TPSA) is 188 Å². The molecule has 0 aromatic rings. The maximum atomic E-state index is 12.5. The van der Waals surface area contributed by atoms with Gasteiger partial charge >= 0.3 is 11.9 Å². The number of aliphatic carboxylic acids is 2. The Morgan fingerprint density at radius 2 is 1.38 bits per heavy atom. The molecule has 0 saturated heterocycles. The molecule has 0 rings (SSSR count). The van der Waals surface area contributed by atoms with E-state index in [-0.39, 0.29) is 18.3 Å². The Morgan fingerprint density at radius 3 is 1.79 bits per heavy atom. The molecule has 0 radical (unpaired) electrons. The molecular formula is C18H32N4O7. The highest BCUT2D eigenvalue weighted by molar-refractivity contribution is 5.94. The fraction of sp³-hybridized carbons (Fsp3) is 0.722. The first-order valence-corrected chi connectivity index (χ1v) is 9.37. The normalized spacial score (nSPS) is 15.2. The van der Waals surface area contributed by atoms with Crippen molar-refractivity contribution in [2.24, 2.45) is 17.6 Å². The van der Waals surface area contributed by atoms with Gasteiger partial charge in [0.1, 0.15) is 18.1 Å². The summed E-state index contributed by atoms with van der Waals surface area (Å²) in [6.45, 7) is 8.32. The van der Waals surface area contributed by atoms with Crippen LogP contribution in [0, 0.1) is 11.8 Å². The SMILES string of the molecule is CC(C)CC(NC(=O)C(C)NC(=O)C(N)CC(=O)O)C(=O)NC(C(=O)O)C(C)C. The van der Waals surface area contributed by atoms with E-state index in [4.69, 9.17) is 10.8 Å². The molecule has 0 bridgehead atoms. The largest absolute Gasteiger partial charge is 0.481 e. The molecule has 166 valence electrons. The van der Waals surface area contributed by atoms with Crippen LogP contribution in [-0.4, -0.2) is 64.0 Å². The summed E-state index contributed by atoms with van der Waals surface area (Å²) in [6, 6.07) is -4.51. The van der Waals surface area contributed by atoms with Gasteiger partial charge in [-0.3, -0.25) is 19.2 Å². The first-order chi connectivity index (χ1) is 13.3. The van der Waals surface area contributed by atoms with Crippen LogP contribution in [0.1, 0.15) is 47.5 Å². The lowest BCUT2D eigenvalue weighted by molar-refractivity contribution is -0.143. The average molecular weight is 416 g/mol. The Bertz CT molecular complexity index is 621. The maximum Gasteiger partial charge on any atom is 0.326 e. The summed E-state index contributed by atoms with van der Waals surface area (Å²) in [5.41, 5.74) is 5.45. The van der Waals surface area contributed by atoms with Crippen molar-refractivity contribution in [2.45, 2.75) is 71.6 Å². The third-order valence-electron chi connectivity index (χ3n) is 4.05. The van der Waals surface area contributed by atoms with Crippen molar-refractivity contribution in [3.05, 3.63) is 0 Å². The Morgan fingerprint density at radius 1 is 0.828 bits per heavy atom. The molecule has 0 saturated carbocycles. The van der Waals surface area contributed by atoms with E-state index in [1.165, 1.54) is 6.92 Å². The van der Waals surface area contributed by atoms with Crippen molar-refractivity contribution in [1.29, 1.82) is 0 Å². The van der Waals surface area contributed by atoms with E-state index in [0.717, 1.165) is 0 Å². The number of carboxylic acid groups (broad SMARTS) is 2. The molecule has 0 aliphatic carbocycles. The Hall–Kier alpha value is -2.69. The van der Waals surface area contributed by atoms with Crippen LogP contribution in [0.4, 0.5) is 0 Å².